The molecule has 0 atom stereocenters. The molecule has 1 aliphatic rings. The van der Waals surface area contributed by atoms with Crippen LogP contribution in [-0.4, -0.2) is 52.6 Å². The Morgan fingerprint density at radius 3 is 2.41 bits per heavy atom. The zero-order valence-electron chi connectivity index (χ0n) is 15.2. The van der Waals surface area contributed by atoms with Crippen molar-refractivity contribution in [1.29, 1.82) is 0 Å². The van der Waals surface area contributed by atoms with Crippen LogP contribution in [0.5, 0.6) is 0 Å². The van der Waals surface area contributed by atoms with Gasteiger partial charge in [-0.2, -0.15) is 0 Å². The Bertz CT molecular complexity index is 882. The third-order valence-electron chi connectivity index (χ3n) is 4.79. The Balaban J connectivity index is 1.49. The average molecular weight is 412 g/mol. The summed E-state index contributed by atoms with van der Waals surface area (Å²) in [5.74, 6) is -0.236. The molecule has 8 heteroatoms. The van der Waals surface area contributed by atoms with Crippen LogP contribution < -0.4 is 9.62 Å². The molecule has 146 valence electrons. The third kappa shape index (κ3) is 4.99. The van der Waals surface area contributed by atoms with Gasteiger partial charge in [-0.25, -0.2) is 17.5 Å². The molecule has 0 aliphatic carbocycles. The van der Waals surface area contributed by atoms with E-state index in [0.29, 0.717) is 23.7 Å². The first-order valence-corrected chi connectivity index (χ1v) is 10.7. The van der Waals surface area contributed by atoms with E-state index >= 15 is 0 Å². The van der Waals surface area contributed by atoms with Gasteiger partial charge in [0.2, 0.25) is 10.0 Å². The quantitative estimate of drug-likeness (QED) is 0.794. The monoisotopic (exact) mass is 411 g/mol. The van der Waals surface area contributed by atoms with Gasteiger partial charge in [-0.05, 0) is 48.9 Å². The maximum Gasteiger partial charge on any atom is 0.240 e. The molecule has 1 N–H and O–H groups in total. The second kappa shape index (κ2) is 8.56. The summed E-state index contributed by atoms with van der Waals surface area (Å²) in [5, 5.41) is 0.440. The van der Waals surface area contributed by atoms with Crippen LogP contribution in [0.25, 0.3) is 0 Å². The van der Waals surface area contributed by atoms with Crippen LogP contribution in [0.3, 0.4) is 0 Å². The maximum absolute atomic E-state index is 13.0. The molecule has 2 aromatic rings. The van der Waals surface area contributed by atoms with E-state index in [0.717, 1.165) is 31.9 Å². The Kier molecular flexibility index (Phi) is 6.37. The Morgan fingerprint density at radius 2 is 1.74 bits per heavy atom. The van der Waals surface area contributed by atoms with Crippen molar-refractivity contribution in [2.24, 2.45) is 0 Å². The summed E-state index contributed by atoms with van der Waals surface area (Å²) in [6.07, 6.45) is 0. The minimum Gasteiger partial charge on any atom is -0.369 e. The lowest BCUT2D eigenvalue weighted by molar-refractivity contribution is 0.262. The van der Waals surface area contributed by atoms with Crippen LogP contribution in [0.15, 0.2) is 47.4 Å². The van der Waals surface area contributed by atoms with Gasteiger partial charge < -0.3 is 4.90 Å². The van der Waals surface area contributed by atoms with Gasteiger partial charge in [-0.1, -0.05) is 17.7 Å². The van der Waals surface area contributed by atoms with Crippen molar-refractivity contribution in [3.8, 4) is 0 Å². The van der Waals surface area contributed by atoms with Gasteiger partial charge >= 0.3 is 0 Å². The summed E-state index contributed by atoms with van der Waals surface area (Å²) in [6, 6.07) is 11.4. The number of halogens is 2. The number of sulfonamides is 1. The molecule has 2 aromatic carbocycles. The van der Waals surface area contributed by atoms with Crippen molar-refractivity contribution < 1.29 is 12.8 Å². The van der Waals surface area contributed by atoms with Gasteiger partial charge in [0.25, 0.3) is 0 Å². The van der Waals surface area contributed by atoms with Crippen molar-refractivity contribution in [2.45, 2.75) is 11.8 Å². The maximum atomic E-state index is 13.0. The Hall–Kier alpha value is -1.67. The van der Waals surface area contributed by atoms with Crippen LogP contribution in [0.4, 0.5) is 10.1 Å². The molecule has 3 rings (SSSR count). The van der Waals surface area contributed by atoms with Gasteiger partial charge in [-0.15, -0.1) is 0 Å². The lowest BCUT2D eigenvalue weighted by Gasteiger charge is -2.36. The molecule has 0 bridgehead atoms. The van der Waals surface area contributed by atoms with Gasteiger partial charge in [0.1, 0.15) is 5.82 Å². The molecule has 1 saturated heterocycles. The van der Waals surface area contributed by atoms with E-state index in [1.807, 2.05) is 0 Å². The predicted molar refractivity (Wildman–Crippen MR) is 106 cm³/mol. The van der Waals surface area contributed by atoms with Crippen molar-refractivity contribution >= 4 is 27.3 Å². The molecular formula is C19H23ClFN3O2S. The molecule has 1 fully saturated rings. The Morgan fingerprint density at radius 1 is 1.07 bits per heavy atom. The number of benzene rings is 2. The number of rotatable bonds is 6. The summed E-state index contributed by atoms with van der Waals surface area (Å²) in [5.41, 5.74) is 1.56. The molecule has 0 radical (unpaired) electrons. The highest BCUT2D eigenvalue weighted by Gasteiger charge is 2.20. The number of hydrogen-bond donors (Lipinski definition) is 1. The summed E-state index contributed by atoms with van der Waals surface area (Å²) in [7, 11) is -3.58. The van der Waals surface area contributed by atoms with E-state index in [9.17, 15) is 12.8 Å². The second-order valence-corrected chi connectivity index (χ2v) is 8.71. The third-order valence-corrected chi connectivity index (χ3v) is 6.81. The fraction of sp³-hybridized carbons (Fsp3) is 0.368. The average Bonchev–Trinajstić information content (AvgIpc) is 2.65. The fourth-order valence-electron chi connectivity index (χ4n) is 3.18. The van der Waals surface area contributed by atoms with Gasteiger partial charge in [0.05, 0.1) is 4.90 Å². The number of hydrogen-bond acceptors (Lipinski definition) is 4. The van der Waals surface area contributed by atoms with E-state index in [1.165, 1.54) is 12.1 Å². The summed E-state index contributed by atoms with van der Waals surface area (Å²) in [4.78, 5) is 4.64. The number of nitrogens with zero attached hydrogens (tertiary/aromatic N) is 2. The zero-order chi connectivity index (χ0) is 19.4. The van der Waals surface area contributed by atoms with E-state index in [1.54, 1.807) is 37.3 Å². The molecule has 0 unspecified atom stereocenters. The van der Waals surface area contributed by atoms with Gasteiger partial charge in [0.15, 0.2) is 0 Å². The standard InChI is InChI=1S/C19H23ClFN3O2S/c1-15-18(20)3-2-4-19(15)27(25,26)22-9-10-23-11-13-24(14-12-23)17-7-5-16(21)6-8-17/h2-8,22H,9-14H2,1H3. The predicted octanol–water partition coefficient (Wildman–Crippen LogP) is 2.89. The SMILES string of the molecule is Cc1c(Cl)cccc1S(=O)(=O)NCCN1CCN(c2ccc(F)cc2)CC1. The molecule has 0 aromatic heterocycles. The second-order valence-electron chi connectivity index (χ2n) is 6.57. The topological polar surface area (TPSA) is 52.7 Å². The summed E-state index contributed by atoms with van der Waals surface area (Å²) in [6.45, 7) is 5.98. The van der Waals surface area contributed by atoms with Crippen LogP contribution in [0.2, 0.25) is 5.02 Å². The molecular weight excluding hydrogens is 389 g/mol. The first-order valence-electron chi connectivity index (χ1n) is 8.84. The van der Waals surface area contributed by atoms with Crippen molar-refractivity contribution in [2.75, 3.05) is 44.2 Å². The molecule has 0 amide bonds. The smallest absolute Gasteiger partial charge is 0.240 e. The van der Waals surface area contributed by atoms with E-state index in [-0.39, 0.29) is 10.7 Å². The largest absolute Gasteiger partial charge is 0.369 e. The first-order chi connectivity index (χ1) is 12.9. The lowest BCUT2D eigenvalue weighted by atomic mass is 10.2. The molecule has 1 heterocycles. The molecule has 0 spiro atoms. The van der Waals surface area contributed by atoms with Crippen LogP contribution in [0, 0.1) is 12.7 Å². The molecule has 5 nitrogen and oxygen atoms in total. The highest BCUT2D eigenvalue weighted by atomic mass is 35.5. The van der Waals surface area contributed by atoms with Crippen LogP contribution >= 0.6 is 11.6 Å². The number of anilines is 1. The highest BCUT2D eigenvalue weighted by Crippen LogP contribution is 2.22. The van der Waals surface area contributed by atoms with Gasteiger partial charge in [0, 0.05) is 50.0 Å². The summed E-state index contributed by atoms with van der Waals surface area (Å²) >= 11 is 6.02. The van der Waals surface area contributed by atoms with Gasteiger partial charge in [-0.3, -0.25) is 4.90 Å². The molecule has 27 heavy (non-hydrogen) atoms. The normalized spacial score (nSPS) is 15.9. The number of piperazine rings is 1. The highest BCUT2D eigenvalue weighted by molar-refractivity contribution is 7.89. The van der Waals surface area contributed by atoms with E-state index in [4.69, 9.17) is 11.6 Å². The van der Waals surface area contributed by atoms with Crippen molar-refractivity contribution in [1.82, 2.24) is 9.62 Å². The van der Waals surface area contributed by atoms with E-state index in [2.05, 4.69) is 14.5 Å². The van der Waals surface area contributed by atoms with Crippen molar-refractivity contribution in [3.63, 3.8) is 0 Å². The minimum absolute atomic E-state index is 0.219. The van der Waals surface area contributed by atoms with Crippen molar-refractivity contribution in [3.05, 3.63) is 58.9 Å². The first kappa shape index (κ1) is 20.1. The molecule has 0 saturated carbocycles. The van der Waals surface area contributed by atoms with Crippen LogP contribution in [-0.2, 0) is 10.0 Å². The number of nitrogens with one attached hydrogen (secondary N) is 1. The zero-order valence-corrected chi connectivity index (χ0v) is 16.7. The summed E-state index contributed by atoms with van der Waals surface area (Å²) < 4.78 is 40.7. The Labute approximate surface area is 164 Å². The fourth-order valence-corrected chi connectivity index (χ4v) is 4.69. The van der Waals surface area contributed by atoms with E-state index < -0.39 is 10.0 Å². The molecule has 1 aliphatic heterocycles. The van der Waals surface area contributed by atoms with Crippen LogP contribution in [0.1, 0.15) is 5.56 Å². The lowest BCUT2D eigenvalue weighted by Crippen LogP contribution is -2.48. The minimum atomic E-state index is -3.58.